The Bertz CT molecular complexity index is 659. The summed E-state index contributed by atoms with van der Waals surface area (Å²) in [6.07, 6.45) is 19.9. The van der Waals surface area contributed by atoms with E-state index in [2.05, 4.69) is 6.92 Å². The second-order valence-electron chi connectivity index (χ2n) is 9.94. The van der Waals surface area contributed by atoms with E-state index in [4.69, 9.17) is 14.5 Å². The van der Waals surface area contributed by atoms with Crippen LogP contribution in [-0.2, 0) is 19.3 Å². The molecule has 35 heavy (non-hydrogen) atoms. The van der Waals surface area contributed by atoms with Crippen LogP contribution in [-0.4, -0.2) is 73.0 Å². The van der Waals surface area contributed by atoms with Crippen LogP contribution in [0.4, 0.5) is 0 Å². The minimum atomic E-state index is -0.908. The number of esters is 1. The molecule has 0 amide bonds. The number of carbonyl (C=O) groups is 2. The third-order valence-electron chi connectivity index (χ3n) is 5.92. The Hall–Kier alpha value is -0.309. The molecule has 0 aliphatic rings. The summed E-state index contributed by atoms with van der Waals surface area (Å²) in [5.74, 6) is -0.807. The van der Waals surface area contributed by atoms with Crippen molar-refractivity contribution in [3.8, 4) is 0 Å². The van der Waals surface area contributed by atoms with Gasteiger partial charge in [-0.05, 0) is 32.4 Å². The maximum absolute atomic E-state index is 12.0. The molecule has 1 rings (SSSR count). The topological polar surface area (TPSA) is 61.8 Å². The second kappa shape index (κ2) is 22.9. The van der Waals surface area contributed by atoms with Crippen molar-refractivity contribution in [2.45, 2.75) is 129 Å². The summed E-state index contributed by atoms with van der Waals surface area (Å²) < 4.78 is 5.31. The van der Waals surface area contributed by atoms with Gasteiger partial charge in [-0.3, -0.25) is 9.68 Å². The third-order valence-corrected chi connectivity index (χ3v) is 5.92. The molecule has 0 aliphatic heterocycles. The minimum absolute atomic E-state index is 0. The molecule has 6 heteroatoms. The van der Waals surface area contributed by atoms with Gasteiger partial charge in [0.25, 0.3) is 0 Å². The van der Waals surface area contributed by atoms with Crippen molar-refractivity contribution < 1.29 is 27.0 Å². The number of hydrogen-bond donors (Lipinski definition) is 0. The molecule has 0 aromatic heterocycles. The monoisotopic (exact) mass is 616 g/mol. The van der Waals surface area contributed by atoms with E-state index in [0.29, 0.717) is 12.0 Å². The van der Waals surface area contributed by atoms with Gasteiger partial charge < -0.3 is 7.59 Å². The molecule has 0 spiro atoms. The maximum Gasteiger partial charge on any atom is 2.00 e. The Labute approximate surface area is 257 Å². The molecule has 0 N–H and O–H groups in total. The molecule has 0 bridgehead atoms. The molecule has 5 nitrogen and oxygen atoms in total. The second-order valence-corrected chi connectivity index (χ2v) is 9.94. The van der Waals surface area contributed by atoms with Gasteiger partial charge >= 0.3 is 60.8 Å². The van der Waals surface area contributed by atoms with Gasteiger partial charge in [-0.1, -0.05) is 115 Å². The predicted octanol–water partition coefficient (Wildman–Crippen LogP) is 8.20. The first-order chi connectivity index (χ1) is 16.4. The molecule has 0 atom stereocenters. The maximum atomic E-state index is 12.0. The first-order valence-electron chi connectivity index (χ1n) is 13.6. The molecule has 0 unspecified atom stereocenters. The average Bonchev–Trinajstić information content (AvgIpc) is 2.84. The van der Waals surface area contributed by atoms with Crippen molar-refractivity contribution in [2.24, 2.45) is 0 Å². The summed E-state index contributed by atoms with van der Waals surface area (Å²) in [7, 11) is 0. The first-order valence-corrected chi connectivity index (χ1v) is 13.6. The molecule has 198 valence electrons. The normalized spacial score (nSPS) is 11.1. The van der Waals surface area contributed by atoms with Crippen molar-refractivity contribution in [1.82, 2.24) is 0 Å². The Kier molecular flexibility index (Phi) is 22.7. The van der Waals surface area contributed by atoms with Crippen molar-refractivity contribution >= 4 is 60.8 Å². The summed E-state index contributed by atoms with van der Waals surface area (Å²) in [6.45, 7) is 5.73. The minimum Gasteiger partial charge on any atom is -1.00 e. The first kappa shape index (κ1) is 34.7. The molecule has 0 aliphatic carbocycles. The standard InChI is InChI=1S/C29H48O5.Ba.2H/c1-4-5-6-7-8-9-10-11-12-13-14-15-16-17-21-24-27(30)32-25-29(2,3)34-33-28(31)26-22-19-18-20-23-26;;;/h18-20,22-23H,4-17,21,24-25H2,1-3H3;;;/q;+2;2*-1. The van der Waals surface area contributed by atoms with Gasteiger partial charge in [0.15, 0.2) is 0 Å². The fourth-order valence-electron chi connectivity index (χ4n) is 3.76. The fraction of sp³-hybridized carbons (Fsp3) is 0.724. The third kappa shape index (κ3) is 20.4. The van der Waals surface area contributed by atoms with Crippen molar-refractivity contribution in [3.05, 3.63) is 35.9 Å². The van der Waals surface area contributed by atoms with Crippen LogP contribution in [0.15, 0.2) is 30.3 Å². The smallest absolute Gasteiger partial charge is 1.00 e. The number of benzene rings is 1. The van der Waals surface area contributed by atoms with Crippen LogP contribution in [0.2, 0.25) is 0 Å². The van der Waals surface area contributed by atoms with Gasteiger partial charge in [0.05, 0.1) is 5.56 Å². The molecule has 0 saturated heterocycles. The van der Waals surface area contributed by atoms with Crippen molar-refractivity contribution in [2.75, 3.05) is 6.61 Å². The van der Waals surface area contributed by atoms with Crippen LogP contribution in [0.5, 0.6) is 0 Å². The van der Waals surface area contributed by atoms with Crippen LogP contribution in [0, 0.1) is 0 Å². The van der Waals surface area contributed by atoms with Crippen LogP contribution >= 0.6 is 0 Å². The summed E-state index contributed by atoms with van der Waals surface area (Å²) in [5.41, 5.74) is -0.502. The summed E-state index contributed by atoms with van der Waals surface area (Å²) in [4.78, 5) is 34.0. The molecular weight excluding hydrogens is 566 g/mol. The summed E-state index contributed by atoms with van der Waals surface area (Å²) >= 11 is 0. The number of hydrogen-bond acceptors (Lipinski definition) is 5. The van der Waals surface area contributed by atoms with Crippen LogP contribution in [0.3, 0.4) is 0 Å². The van der Waals surface area contributed by atoms with Gasteiger partial charge in [0.2, 0.25) is 0 Å². The number of rotatable bonds is 21. The fourth-order valence-corrected chi connectivity index (χ4v) is 3.76. The molecular formula is C29H50BaO5. The molecule has 0 radical (unpaired) electrons. The van der Waals surface area contributed by atoms with E-state index in [1.807, 2.05) is 6.07 Å². The molecule has 1 aromatic carbocycles. The van der Waals surface area contributed by atoms with E-state index in [-0.39, 0.29) is 64.3 Å². The van der Waals surface area contributed by atoms with Gasteiger partial charge in [-0.2, -0.15) is 4.89 Å². The van der Waals surface area contributed by atoms with Crippen LogP contribution in [0.25, 0.3) is 0 Å². The summed E-state index contributed by atoms with van der Waals surface area (Å²) in [6, 6.07) is 8.62. The zero-order valence-electron chi connectivity index (χ0n) is 24.7. The zero-order valence-corrected chi connectivity index (χ0v) is 27.1. The zero-order chi connectivity index (χ0) is 24.9. The predicted molar refractivity (Wildman–Crippen MR) is 146 cm³/mol. The van der Waals surface area contributed by atoms with E-state index in [1.165, 1.54) is 83.5 Å². The van der Waals surface area contributed by atoms with Gasteiger partial charge in [-0.25, -0.2) is 4.79 Å². The van der Waals surface area contributed by atoms with E-state index in [0.717, 1.165) is 12.8 Å². The van der Waals surface area contributed by atoms with Crippen molar-refractivity contribution in [3.63, 3.8) is 0 Å². The Morgan fingerprint density at radius 3 is 1.69 bits per heavy atom. The van der Waals surface area contributed by atoms with E-state index >= 15 is 0 Å². The molecule has 0 fully saturated rings. The van der Waals surface area contributed by atoms with Gasteiger partial charge in [0.1, 0.15) is 12.2 Å². The van der Waals surface area contributed by atoms with E-state index < -0.39 is 11.6 Å². The number of carbonyl (C=O) groups excluding carboxylic acids is 2. The largest absolute Gasteiger partial charge is 2.00 e. The molecule has 0 heterocycles. The van der Waals surface area contributed by atoms with Crippen LogP contribution in [0.1, 0.15) is 137 Å². The quantitative estimate of drug-likeness (QED) is 0.0459. The van der Waals surface area contributed by atoms with E-state index in [1.54, 1.807) is 38.1 Å². The van der Waals surface area contributed by atoms with E-state index in [9.17, 15) is 9.59 Å². The molecule has 0 saturated carbocycles. The molecule has 1 aromatic rings. The van der Waals surface area contributed by atoms with Gasteiger partial charge in [-0.15, -0.1) is 0 Å². The Morgan fingerprint density at radius 1 is 0.743 bits per heavy atom. The van der Waals surface area contributed by atoms with Crippen molar-refractivity contribution in [1.29, 1.82) is 0 Å². The number of ether oxygens (including phenoxy) is 1. The summed E-state index contributed by atoms with van der Waals surface area (Å²) in [5, 5.41) is 0. The Balaban J connectivity index is -0.00000385. The Morgan fingerprint density at radius 2 is 1.20 bits per heavy atom. The van der Waals surface area contributed by atoms with Crippen LogP contribution < -0.4 is 0 Å². The average molecular weight is 616 g/mol. The SMILES string of the molecule is CCCCCCCCCCCCCCCCCC(=O)OCC(C)(C)OOC(=O)c1ccccc1.[Ba+2].[H-].[H-]. The number of unbranched alkanes of at least 4 members (excludes halogenated alkanes) is 14. The van der Waals surface area contributed by atoms with Gasteiger partial charge in [0, 0.05) is 6.42 Å².